The van der Waals surface area contributed by atoms with Crippen LogP contribution in [0.4, 0.5) is 36.6 Å². The van der Waals surface area contributed by atoms with Crippen molar-refractivity contribution in [3.8, 4) is 0 Å². The Labute approximate surface area is 189 Å². The molecule has 10 heteroatoms. The Morgan fingerprint density at radius 1 is 0.970 bits per heavy atom. The third-order valence-electron chi connectivity index (χ3n) is 5.00. The number of allylic oxidation sites excluding steroid dienone is 1. The zero-order chi connectivity index (χ0) is 25.1. The number of nitrogens with zero attached hydrogens (tertiary/aromatic N) is 2. The van der Waals surface area contributed by atoms with Crippen molar-refractivity contribution in [1.82, 2.24) is 0 Å². The molecule has 1 heterocycles. The number of carbonyl (C=O) groups excluding carboxylic acids is 1. The fourth-order valence-corrected chi connectivity index (χ4v) is 3.71. The van der Waals surface area contributed by atoms with Gasteiger partial charge in [0.05, 0.1) is 5.41 Å². The average Bonchev–Trinajstić information content (AvgIpc) is 2.88. The minimum absolute atomic E-state index is 0.00316. The Morgan fingerprint density at radius 2 is 1.48 bits per heavy atom. The van der Waals surface area contributed by atoms with E-state index in [0.717, 1.165) is 18.7 Å². The molecule has 0 saturated carbocycles. The molecule has 3 nitrogen and oxygen atoms in total. The first-order chi connectivity index (χ1) is 14.9. The number of hydrogen-bond donors (Lipinski definition) is 0. The topological polar surface area (TPSA) is 23.3 Å². The monoisotopic (exact) mass is 492 g/mol. The number of para-hydroxylation sites is 2. The van der Waals surface area contributed by atoms with E-state index in [2.05, 4.69) is 55.7 Å². The van der Waals surface area contributed by atoms with E-state index >= 15 is 0 Å². The molecule has 0 saturated heterocycles. The van der Waals surface area contributed by atoms with Crippen LogP contribution in [0, 0.1) is 0 Å². The van der Waals surface area contributed by atoms with Crippen molar-refractivity contribution < 1.29 is 34.6 Å². The van der Waals surface area contributed by atoms with Gasteiger partial charge in [-0.15, -0.1) is 0 Å². The van der Waals surface area contributed by atoms with Crippen LogP contribution >= 0.6 is 7.81 Å². The summed E-state index contributed by atoms with van der Waals surface area (Å²) in [6, 6.07) is 18.4. The van der Waals surface area contributed by atoms with E-state index in [4.69, 9.17) is 0 Å². The molecule has 0 radical (unpaired) electrons. The molecule has 0 bridgehead atoms. The average molecular weight is 492 g/mol. The molecule has 0 spiro atoms. The van der Waals surface area contributed by atoms with Gasteiger partial charge < -0.3 is 0 Å². The summed E-state index contributed by atoms with van der Waals surface area (Å²) in [5, 5.41) is 0. The van der Waals surface area contributed by atoms with Gasteiger partial charge in [0, 0.05) is 42.9 Å². The third kappa shape index (κ3) is 8.00. The summed E-state index contributed by atoms with van der Waals surface area (Å²) in [6.07, 6.45) is 5.07. The van der Waals surface area contributed by atoms with Crippen LogP contribution in [0.1, 0.15) is 39.7 Å². The van der Waals surface area contributed by atoms with Crippen LogP contribution in [-0.2, 0) is 10.2 Å². The SMILES string of the molecule is CCC[N+]1=C(/C=C/N(C(C)=O)c2ccccc2)C(C)(C)c2ccccc21.F[P-](F)(F)(F)(F)F. The summed E-state index contributed by atoms with van der Waals surface area (Å²) in [6.45, 7) is 9.26. The first-order valence-electron chi connectivity index (χ1n) is 10.3. The van der Waals surface area contributed by atoms with Gasteiger partial charge in [-0.25, -0.2) is 0 Å². The van der Waals surface area contributed by atoms with Crippen LogP contribution < -0.4 is 4.90 Å². The van der Waals surface area contributed by atoms with Gasteiger partial charge in [-0.1, -0.05) is 43.3 Å². The van der Waals surface area contributed by atoms with Gasteiger partial charge in [-0.2, -0.15) is 4.58 Å². The summed E-state index contributed by atoms with van der Waals surface area (Å²) >= 11 is 0. The molecule has 1 aliphatic rings. The second kappa shape index (κ2) is 8.60. The molecule has 33 heavy (non-hydrogen) atoms. The number of amides is 1. The van der Waals surface area contributed by atoms with Crippen molar-refractivity contribution in [2.24, 2.45) is 0 Å². The van der Waals surface area contributed by atoms with Gasteiger partial charge in [0.1, 0.15) is 6.54 Å². The Balaban J connectivity index is 0.000000479. The molecule has 182 valence electrons. The quantitative estimate of drug-likeness (QED) is 0.233. The maximum atomic E-state index is 12.2. The number of anilines is 1. The van der Waals surface area contributed by atoms with Crippen molar-refractivity contribution in [1.29, 1.82) is 0 Å². The summed E-state index contributed by atoms with van der Waals surface area (Å²) in [4.78, 5) is 13.9. The predicted molar refractivity (Wildman–Crippen MR) is 122 cm³/mol. The van der Waals surface area contributed by atoms with Gasteiger partial charge in [-0.3, -0.25) is 9.69 Å². The van der Waals surface area contributed by atoms with Gasteiger partial charge in [0.15, 0.2) is 5.71 Å². The molecule has 3 rings (SSSR count). The molecule has 0 unspecified atom stereocenters. The number of benzene rings is 2. The van der Waals surface area contributed by atoms with Gasteiger partial charge >= 0.3 is 33.0 Å². The Bertz CT molecular complexity index is 1070. The molecular weight excluding hydrogens is 465 g/mol. The Morgan fingerprint density at radius 3 is 2.00 bits per heavy atom. The molecule has 0 fully saturated rings. The third-order valence-corrected chi connectivity index (χ3v) is 5.00. The second-order valence-electron chi connectivity index (χ2n) is 8.18. The Kier molecular flexibility index (Phi) is 6.92. The van der Waals surface area contributed by atoms with Crippen LogP contribution in [0.5, 0.6) is 0 Å². The van der Waals surface area contributed by atoms with Crippen LogP contribution in [0.3, 0.4) is 0 Å². The van der Waals surface area contributed by atoms with Crippen LogP contribution in [0.15, 0.2) is 66.9 Å². The summed E-state index contributed by atoms with van der Waals surface area (Å²) in [5.41, 5.74) is 4.62. The molecule has 1 aliphatic heterocycles. The van der Waals surface area contributed by atoms with Crippen LogP contribution in [0.25, 0.3) is 0 Å². The van der Waals surface area contributed by atoms with E-state index in [1.54, 1.807) is 11.8 Å². The first kappa shape index (κ1) is 26.6. The predicted octanol–water partition coefficient (Wildman–Crippen LogP) is 8.42. The standard InChI is InChI=1S/C23H27N2O.F6P/c1-5-16-25-21-14-10-9-13-20(21)23(3,4)22(25)15-17-24(18(2)26)19-11-7-6-8-12-19;1-7(2,3,4,5)6/h6-15,17H,5,16H2,1-4H3;/q+1;-1. The molecule has 0 aromatic heterocycles. The van der Waals surface area contributed by atoms with E-state index in [0.29, 0.717) is 0 Å². The number of fused-ring (bicyclic) bond motifs is 1. The second-order valence-corrected chi connectivity index (χ2v) is 10.1. The van der Waals surface area contributed by atoms with Gasteiger partial charge in [0.25, 0.3) is 0 Å². The molecular formula is C23H27F6N2OP. The molecule has 0 atom stereocenters. The summed E-state index contributed by atoms with van der Waals surface area (Å²) < 4.78 is 61.6. The first-order valence-corrected chi connectivity index (χ1v) is 12.3. The fourth-order valence-electron chi connectivity index (χ4n) is 3.71. The van der Waals surface area contributed by atoms with Crippen molar-refractivity contribution in [2.45, 2.75) is 39.5 Å². The molecule has 2 aromatic rings. The van der Waals surface area contributed by atoms with Crippen LogP contribution in [-0.4, -0.2) is 22.7 Å². The van der Waals surface area contributed by atoms with Crippen molar-refractivity contribution in [2.75, 3.05) is 11.4 Å². The zero-order valence-corrected chi connectivity index (χ0v) is 19.7. The fraction of sp³-hybridized carbons (Fsp3) is 0.304. The van der Waals surface area contributed by atoms with E-state index < -0.39 is 7.81 Å². The molecule has 2 aromatic carbocycles. The maximum absolute atomic E-state index is 12.2. The molecule has 0 N–H and O–H groups in total. The van der Waals surface area contributed by atoms with Gasteiger partial charge in [-0.05, 0) is 26.0 Å². The van der Waals surface area contributed by atoms with E-state index in [9.17, 15) is 30.0 Å². The number of hydrogen-bond acceptors (Lipinski definition) is 1. The van der Waals surface area contributed by atoms with Crippen molar-refractivity contribution in [3.63, 3.8) is 0 Å². The Hall–Kier alpha value is -2.67. The van der Waals surface area contributed by atoms with E-state index in [1.807, 2.05) is 36.5 Å². The summed E-state index contributed by atoms with van der Waals surface area (Å²) in [7, 11) is -10.7. The number of rotatable bonds is 5. The van der Waals surface area contributed by atoms with Crippen molar-refractivity contribution in [3.05, 3.63) is 72.4 Å². The molecule has 1 amide bonds. The van der Waals surface area contributed by atoms with Gasteiger partial charge in [0.2, 0.25) is 11.6 Å². The molecule has 0 aliphatic carbocycles. The normalized spacial score (nSPS) is 17.0. The minimum atomic E-state index is -10.7. The zero-order valence-electron chi connectivity index (χ0n) is 18.8. The summed E-state index contributed by atoms with van der Waals surface area (Å²) in [5.74, 6) is 0.00316. The number of carbonyl (C=O) groups is 1. The van der Waals surface area contributed by atoms with E-state index in [1.165, 1.54) is 17.0 Å². The number of halogens is 6. The van der Waals surface area contributed by atoms with Crippen molar-refractivity contribution >= 4 is 30.8 Å². The van der Waals surface area contributed by atoms with Crippen LogP contribution in [0.2, 0.25) is 0 Å². The van der Waals surface area contributed by atoms with E-state index in [-0.39, 0.29) is 11.3 Å².